The molecule has 3 heterocycles. The zero-order valence-electron chi connectivity index (χ0n) is 18.0. The maximum Gasteiger partial charge on any atom is 0.254 e. The summed E-state index contributed by atoms with van der Waals surface area (Å²) < 4.78 is 1.87. The van der Waals surface area contributed by atoms with Crippen molar-refractivity contribution < 1.29 is 14.7 Å². The van der Waals surface area contributed by atoms with Crippen LogP contribution in [0.25, 0.3) is 0 Å². The van der Waals surface area contributed by atoms with Crippen molar-refractivity contribution in [3.8, 4) is 0 Å². The maximum absolute atomic E-state index is 12.9. The number of ketones is 1. The molecule has 1 amide bonds. The number of Topliss-reactive ketones (excluding diaryl/α,β-unsaturated/α-hetero) is 1. The van der Waals surface area contributed by atoms with Crippen LogP contribution < -0.4 is 0 Å². The summed E-state index contributed by atoms with van der Waals surface area (Å²) in [4.78, 5) is 31.3. The number of aryl methyl sites for hydroxylation is 1. The quantitative estimate of drug-likeness (QED) is 0.435. The van der Waals surface area contributed by atoms with Crippen LogP contribution in [0.5, 0.6) is 0 Å². The Hall–Kier alpha value is -3.04. The second-order valence-corrected chi connectivity index (χ2v) is 9.26. The van der Waals surface area contributed by atoms with Crippen molar-refractivity contribution in [1.29, 1.82) is 0 Å². The number of carbonyl (C=O) groups excluding carboxylic acids is 2. The third kappa shape index (κ3) is 5.05. The number of aliphatic hydroxyl groups is 1. The van der Waals surface area contributed by atoms with Gasteiger partial charge < -0.3 is 14.6 Å². The lowest BCUT2D eigenvalue weighted by Gasteiger charge is -2.15. The Bertz CT molecular complexity index is 1130. The van der Waals surface area contributed by atoms with E-state index in [0.717, 1.165) is 16.3 Å². The lowest BCUT2D eigenvalue weighted by atomic mass is 10.0. The molecule has 166 valence electrons. The highest BCUT2D eigenvalue weighted by Gasteiger charge is 2.26. The minimum Gasteiger partial charge on any atom is -0.391 e. The smallest absolute Gasteiger partial charge is 0.254 e. The number of likely N-dealkylation sites (tertiary alicyclic amines) is 1. The second-order valence-electron chi connectivity index (χ2n) is 7.95. The molecule has 3 aromatic rings. The van der Waals surface area contributed by atoms with Crippen molar-refractivity contribution in [3.63, 3.8) is 0 Å². The van der Waals surface area contributed by atoms with Crippen LogP contribution in [0.4, 0.5) is 0 Å². The van der Waals surface area contributed by atoms with E-state index in [4.69, 9.17) is 0 Å². The summed E-state index contributed by atoms with van der Waals surface area (Å²) in [5.74, 6) is -0.332. The van der Waals surface area contributed by atoms with Crippen molar-refractivity contribution in [2.45, 2.75) is 36.3 Å². The van der Waals surface area contributed by atoms with E-state index < -0.39 is 6.10 Å². The zero-order valence-corrected chi connectivity index (χ0v) is 18.8. The highest BCUT2D eigenvalue weighted by Crippen LogP contribution is 2.33. The monoisotopic (exact) mass is 451 g/mol. The van der Waals surface area contributed by atoms with E-state index in [1.165, 1.54) is 6.20 Å². The molecular weight excluding hydrogens is 426 g/mol. The lowest BCUT2D eigenvalue weighted by molar-refractivity contribution is 0.0765. The van der Waals surface area contributed by atoms with Gasteiger partial charge in [0.2, 0.25) is 0 Å². The van der Waals surface area contributed by atoms with Crippen LogP contribution in [0.15, 0.2) is 54.1 Å². The van der Waals surface area contributed by atoms with Crippen LogP contribution in [0.3, 0.4) is 0 Å². The SMILES string of the molecule is C[C@H](Sc1nncn1C)c1cccc(CC(=O)c2cc(C(=O)N3CC[C@@H](O)C3)ccn2)c1. The molecule has 4 rings (SSSR count). The average molecular weight is 452 g/mol. The number of thioether (sulfide) groups is 1. The fraction of sp³-hybridized carbons (Fsp3) is 0.348. The average Bonchev–Trinajstić information content (AvgIpc) is 3.41. The Morgan fingerprint density at radius 1 is 1.28 bits per heavy atom. The van der Waals surface area contributed by atoms with Crippen molar-refractivity contribution in [3.05, 3.63) is 71.3 Å². The fourth-order valence-corrected chi connectivity index (χ4v) is 4.57. The number of benzene rings is 1. The van der Waals surface area contributed by atoms with Gasteiger partial charge in [-0.2, -0.15) is 0 Å². The predicted octanol–water partition coefficient (Wildman–Crippen LogP) is 2.70. The van der Waals surface area contributed by atoms with Gasteiger partial charge in [-0.25, -0.2) is 0 Å². The van der Waals surface area contributed by atoms with Crippen LogP contribution >= 0.6 is 11.8 Å². The highest BCUT2D eigenvalue weighted by molar-refractivity contribution is 7.99. The van der Waals surface area contributed by atoms with Gasteiger partial charge in [0.05, 0.1) is 6.10 Å². The zero-order chi connectivity index (χ0) is 22.7. The van der Waals surface area contributed by atoms with E-state index in [0.29, 0.717) is 25.1 Å². The largest absolute Gasteiger partial charge is 0.391 e. The molecule has 1 saturated heterocycles. The topological polar surface area (TPSA) is 101 Å². The van der Waals surface area contributed by atoms with Crippen LogP contribution in [-0.2, 0) is 13.5 Å². The molecule has 0 radical (unpaired) electrons. The molecule has 8 nitrogen and oxygen atoms in total. The summed E-state index contributed by atoms with van der Waals surface area (Å²) in [6.07, 6.45) is 3.45. The summed E-state index contributed by atoms with van der Waals surface area (Å²) in [5.41, 5.74) is 2.66. The summed E-state index contributed by atoms with van der Waals surface area (Å²) in [7, 11) is 1.90. The standard InChI is InChI=1S/C23H25N5O3S/c1-15(32-23-26-25-14-27(23)2)17-5-3-4-16(10-17)11-21(30)20-12-18(6-8-24-20)22(31)28-9-7-19(29)13-28/h3-6,8,10,12,14-15,19,29H,7,9,11,13H2,1-2H3/t15-,19+/m0/s1. The Morgan fingerprint density at radius 3 is 2.84 bits per heavy atom. The van der Waals surface area contributed by atoms with E-state index in [2.05, 4.69) is 22.1 Å². The number of aliphatic hydroxyl groups excluding tert-OH is 1. The number of β-amino-alcohol motifs (C(OH)–C–C–N with tert-alkyl or cyclic N) is 1. The molecule has 0 saturated carbocycles. The second kappa shape index (κ2) is 9.62. The normalized spacial score (nSPS) is 16.8. The minimum atomic E-state index is -0.483. The van der Waals surface area contributed by atoms with Gasteiger partial charge >= 0.3 is 0 Å². The van der Waals surface area contributed by atoms with Gasteiger partial charge in [-0.05, 0) is 36.6 Å². The number of pyridine rings is 1. The van der Waals surface area contributed by atoms with Crippen molar-refractivity contribution in [2.24, 2.45) is 7.05 Å². The molecule has 32 heavy (non-hydrogen) atoms. The van der Waals surface area contributed by atoms with Gasteiger partial charge in [-0.3, -0.25) is 14.6 Å². The molecule has 2 atom stereocenters. The van der Waals surface area contributed by atoms with Gasteiger partial charge in [0, 0.05) is 43.6 Å². The summed E-state index contributed by atoms with van der Waals surface area (Å²) in [6.45, 7) is 2.93. The van der Waals surface area contributed by atoms with Gasteiger partial charge in [0.25, 0.3) is 5.91 Å². The molecule has 1 N–H and O–H groups in total. The van der Waals surface area contributed by atoms with Gasteiger partial charge in [-0.1, -0.05) is 36.0 Å². The Kier molecular flexibility index (Phi) is 6.66. The number of hydrogen-bond acceptors (Lipinski definition) is 7. The first-order valence-corrected chi connectivity index (χ1v) is 11.3. The molecule has 0 bridgehead atoms. The van der Waals surface area contributed by atoms with Gasteiger partial charge in [0.15, 0.2) is 10.9 Å². The number of aromatic nitrogens is 4. The highest BCUT2D eigenvalue weighted by atomic mass is 32.2. The number of nitrogens with zero attached hydrogens (tertiary/aromatic N) is 5. The summed E-state index contributed by atoms with van der Waals surface area (Å²) in [6, 6.07) is 11.1. The molecule has 1 aliphatic heterocycles. The first-order valence-electron chi connectivity index (χ1n) is 10.5. The number of rotatable bonds is 7. The van der Waals surface area contributed by atoms with Crippen molar-refractivity contribution >= 4 is 23.5 Å². The van der Waals surface area contributed by atoms with Crippen LogP contribution in [0.2, 0.25) is 0 Å². The Morgan fingerprint density at radius 2 is 2.12 bits per heavy atom. The molecule has 1 fully saturated rings. The van der Waals surface area contributed by atoms with Gasteiger partial charge in [0.1, 0.15) is 12.0 Å². The number of amides is 1. The summed E-state index contributed by atoms with van der Waals surface area (Å²) >= 11 is 1.60. The number of hydrogen-bond donors (Lipinski definition) is 1. The van der Waals surface area contributed by atoms with Crippen LogP contribution in [0.1, 0.15) is 50.6 Å². The van der Waals surface area contributed by atoms with E-state index in [1.54, 1.807) is 35.1 Å². The van der Waals surface area contributed by atoms with E-state index in [9.17, 15) is 14.7 Å². The van der Waals surface area contributed by atoms with E-state index in [1.807, 2.05) is 35.9 Å². The first-order chi connectivity index (χ1) is 15.4. The Labute approximate surface area is 190 Å². The van der Waals surface area contributed by atoms with Crippen molar-refractivity contribution in [2.75, 3.05) is 13.1 Å². The molecule has 2 aromatic heterocycles. The van der Waals surface area contributed by atoms with Crippen molar-refractivity contribution in [1.82, 2.24) is 24.6 Å². The molecule has 9 heteroatoms. The first kappa shape index (κ1) is 22.2. The molecule has 0 aliphatic carbocycles. The molecule has 0 unspecified atom stereocenters. The van der Waals surface area contributed by atoms with Gasteiger partial charge in [-0.15, -0.1) is 10.2 Å². The molecule has 0 spiro atoms. The minimum absolute atomic E-state index is 0.142. The molecule has 1 aliphatic rings. The molecular formula is C23H25N5O3S. The molecule has 1 aromatic carbocycles. The maximum atomic E-state index is 12.9. The number of carbonyl (C=O) groups is 2. The van der Waals surface area contributed by atoms with E-state index in [-0.39, 0.29) is 29.1 Å². The van der Waals surface area contributed by atoms with Crippen LogP contribution in [-0.4, -0.2) is 60.6 Å². The van der Waals surface area contributed by atoms with E-state index >= 15 is 0 Å². The van der Waals surface area contributed by atoms with Crippen LogP contribution in [0, 0.1) is 0 Å². The third-order valence-electron chi connectivity index (χ3n) is 5.48. The third-order valence-corrected chi connectivity index (χ3v) is 6.69. The summed E-state index contributed by atoms with van der Waals surface area (Å²) in [5, 5.41) is 18.7. The predicted molar refractivity (Wildman–Crippen MR) is 121 cm³/mol. The lowest BCUT2D eigenvalue weighted by Crippen LogP contribution is -2.29. The fourth-order valence-electron chi connectivity index (χ4n) is 3.66. The Balaban J connectivity index is 1.44.